The van der Waals surface area contributed by atoms with Gasteiger partial charge in [-0.1, -0.05) is 43.7 Å². The topological polar surface area (TPSA) is 25.2 Å². The maximum absolute atomic E-state index is 6.14. The van der Waals surface area contributed by atoms with Gasteiger partial charge in [-0.05, 0) is 50.9 Å². The van der Waals surface area contributed by atoms with E-state index in [2.05, 4.69) is 43.6 Å². The Bertz CT molecular complexity index is 578. The first-order chi connectivity index (χ1) is 10.3. The molecule has 0 amide bonds. The normalized spacial score (nSPS) is 19.3. The second kappa shape index (κ2) is 6.65. The van der Waals surface area contributed by atoms with E-state index in [0.717, 1.165) is 11.3 Å². The van der Waals surface area contributed by atoms with Gasteiger partial charge < -0.3 is 9.73 Å². The Kier molecular flexibility index (Phi) is 4.64. The molecule has 1 saturated carbocycles. The lowest BCUT2D eigenvalue weighted by molar-refractivity contribution is 0.272. The summed E-state index contributed by atoms with van der Waals surface area (Å²) in [4.78, 5) is 0. The summed E-state index contributed by atoms with van der Waals surface area (Å²) in [6.45, 7) is 2.14. The Balaban J connectivity index is 1.85. The minimum absolute atomic E-state index is 0.357. The fraction of sp³-hybridized carbons (Fsp3) is 0.579. The molecule has 1 heterocycles. The number of nitrogens with one attached hydrogen (secondary N) is 1. The average molecular weight is 285 g/mol. The summed E-state index contributed by atoms with van der Waals surface area (Å²) in [5, 5.41) is 4.75. The highest BCUT2D eigenvalue weighted by Gasteiger charge is 2.25. The number of benzene rings is 1. The minimum atomic E-state index is 0.357. The second-order valence-electron chi connectivity index (χ2n) is 6.56. The van der Waals surface area contributed by atoms with Crippen molar-refractivity contribution in [3.8, 4) is 0 Å². The lowest BCUT2D eigenvalue weighted by Gasteiger charge is -2.27. The summed E-state index contributed by atoms with van der Waals surface area (Å²) < 4.78 is 6.14. The largest absolute Gasteiger partial charge is 0.459 e. The van der Waals surface area contributed by atoms with Gasteiger partial charge in [-0.2, -0.15) is 0 Å². The molecule has 3 rings (SSSR count). The molecule has 1 aromatic heterocycles. The summed E-state index contributed by atoms with van der Waals surface area (Å²) >= 11 is 0. The van der Waals surface area contributed by atoms with Gasteiger partial charge in [0.2, 0.25) is 0 Å². The fourth-order valence-electron chi connectivity index (χ4n) is 3.77. The predicted octanol–water partition coefficient (Wildman–Crippen LogP) is 5.36. The molecule has 21 heavy (non-hydrogen) atoms. The van der Waals surface area contributed by atoms with E-state index in [1.807, 2.05) is 0 Å². The van der Waals surface area contributed by atoms with Gasteiger partial charge in [0, 0.05) is 5.39 Å². The van der Waals surface area contributed by atoms with Crippen LogP contribution in [-0.2, 0) is 0 Å². The highest BCUT2D eigenvalue weighted by molar-refractivity contribution is 5.78. The van der Waals surface area contributed by atoms with Crippen molar-refractivity contribution in [3.05, 3.63) is 35.6 Å². The molecule has 2 nitrogen and oxygen atoms in total. The van der Waals surface area contributed by atoms with Crippen molar-refractivity contribution in [1.29, 1.82) is 0 Å². The van der Waals surface area contributed by atoms with E-state index in [9.17, 15) is 0 Å². The third kappa shape index (κ3) is 3.32. The molecule has 1 fully saturated rings. The molecule has 2 aromatic rings. The van der Waals surface area contributed by atoms with Crippen LogP contribution in [0.15, 0.2) is 28.7 Å². The number of rotatable bonds is 3. The molecular weight excluding hydrogens is 258 g/mol. The van der Waals surface area contributed by atoms with Crippen LogP contribution < -0.4 is 5.32 Å². The molecule has 1 aliphatic carbocycles. The second-order valence-corrected chi connectivity index (χ2v) is 6.56. The smallest absolute Gasteiger partial charge is 0.134 e. The molecule has 0 saturated heterocycles. The Morgan fingerprint density at radius 3 is 2.48 bits per heavy atom. The van der Waals surface area contributed by atoms with Crippen molar-refractivity contribution in [3.63, 3.8) is 0 Å². The first kappa shape index (κ1) is 14.6. The first-order valence-electron chi connectivity index (χ1n) is 8.45. The van der Waals surface area contributed by atoms with Crippen LogP contribution >= 0.6 is 0 Å². The lowest BCUT2D eigenvalue weighted by Crippen LogP contribution is -2.25. The summed E-state index contributed by atoms with van der Waals surface area (Å²) in [5.41, 5.74) is 2.31. The number of aryl methyl sites for hydroxylation is 1. The maximum atomic E-state index is 6.14. The van der Waals surface area contributed by atoms with Crippen LogP contribution in [0.25, 0.3) is 11.0 Å². The molecule has 0 bridgehead atoms. The summed E-state index contributed by atoms with van der Waals surface area (Å²) in [7, 11) is 2.07. The number of hydrogen-bond donors (Lipinski definition) is 1. The minimum Gasteiger partial charge on any atom is -0.459 e. The summed E-state index contributed by atoms with van der Waals surface area (Å²) in [6.07, 6.45) is 9.58. The standard InChI is InChI=1S/C19H27NO/c1-14-10-11-17-16(12-14)13-18(21-17)19(20-2)15-8-6-4-3-5-7-9-15/h10-13,15,19-20H,3-9H2,1-2H3. The molecule has 0 radical (unpaired) electrons. The Morgan fingerprint density at radius 2 is 1.76 bits per heavy atom. The summed E-state index contributed by atoms with van der Waals surface area (Å²) in [6, 6.07) is 9.03. The van der Waals surface area contributed by atoms with Gasteiger partial charge in [0.1, 0.15) is 11.3 Å². The SMILES string of the molecule is CNC(c1cc2cc(C)ccc2o1)C1CCCCCCC1. The molecule has 1 unspecified atom stereocenters. The van der Waals surface area contributed by atoms with Crippen LogP contribution in [0.1, 0.15) is 62.3 Å². The third-order valence-corrected chi connectivity index (χ3v) is 4.93. The van der Waals surface area contributed by atoms with Crippen LogP contribution in [0.3, 0.4) is 0 Å². The molecular formula is C19H27NO. The van der Waals surface area contributed by atoms with Crippen molar-refractivity contribution in [2.24, 2.45) is 5.92 Å². The van der Waals surface area contributed by atoms with E-state index in [-0.39, 0.29) is 0 Å². The Hall–Kier alpha value is -1.28. The van der Waals surface area contributed by atoms with E-state index >= 15 is 0 Å². The summed E-state index contributed by atoms with van der Waals surface area (Å²) in [5.74, 6) is 1.82. The fourth-order valence-corrected chi connectivity index (χ4v) is 3.77. The number of furan rings is 1. The van der Waals surface area contributed by atoms with Crippen molar-refractivity contribution in [2.75, 3.05) is 7.05 Å². The van der Waals surface area contributed by atoms with Crippen molar-refractivity contribution in [2.45, 2.75) is 57.9 Å². The van der Waals surface area contributed by atoms with E-state index in [4.69, 9.17) is 4.42 Å². The average Bonchev–Trinajstić information content (AvgIpc) is 2.84. The number of hydrogen-bond acceptors (Lipinski definition) is 2. The molecule has 0 spiro atoms. The van der Waals surface area contributed by atoms with Crippen molar-refractivity contribution < 1.29 is 4.42 Å². The van der Waals surface area contributed by atoms with Gasteiger partial charge in [0.15, 0.2) is 0 Å². The zero-order valence-electron chi connectivity index (χ0n) is 13.3. The van der Waals surface area contributed by atoms with Crippen molar-refractivity contribution >= 4 is 11.0 Å². The van der Waals surface area contributed by atoms with Gasteiger partial charge in [-0.15, -0.1) is 0 Å². The third-order valence-electron chi connectivity index (χ3n) is 4.93. The monoisotopic (exact) mass is 285 g/mol. The molecule has 1 aromatic carbocycles. The van der Waals surface area contributed by atoms with Crippen LogP contribution in [0.2, 0.25) is 0 Å². The van der Waals surface area contributed by atoms with Crippen LogP contribution in [-0.4, -0.2) is 7.05 Å². The molecule has 0 aliphatic heterocycles. The van der Waals surface area contributed by atoms with Crippen LogP contribution in [0, 0.1) is 12.8 Å². The van der Waals surface area contributed by atoms with Gasteiger partial charge in [-0.25, -0.2) is 0 Å². The van der Waals surface area contributed by atoms with Crippen LogP contribution in [0.5, 0.6) is 0 Å². The first-order valence-corrected chi connectivity index (χ1v) is 8.45. The van der Waals surface area contributed by atoms with E-state index in [0.29, 0.717) is 12.0 Å². The van der Waals surface area contributed by atoms with E-state index < -0.39 is 0 Å². The highest BCUT2D eigenvalue weighted by Crippen LogP contribution is 2.35. The van der Waals surface area contributed by atoms with Gasteiger partial charge in [0.25, 0.3) is 0 Å². The molecule has 1 atom stereocenters. The van der Waals surface area contributed by atoms with Crippen molar-refractivity contribution in [1.82, 2.24) is 5.32 Å². The number of fused-ring (bicyclic) bond motifs is 1. The predicted molar refractivity (Wildman–Crippen MR) is 88.6 cm³/mol. The quantitative estimate of drug-likeness (QED) is 0.821. The molecule has 1 N–H and O–H groups in total. The molecule has 1 aliphatic rings. The van der Waals surface area contributed by atoms with Gasteiger partial charge in [0.05, 0.1) is 6.04 Å². The lowest BCUT2D eigenvalue weighted by atomic mass is 9.85. The van der Waals surface area contributed by atoms with Gasteiger partial charge >= 0.3 is 0 Å². The Labute approximate surface area is 127 Å². The highest BCUT2D eigenvalue weighted by atomic mass is 16.3. The van der Waals surface area contributed by atoms with Crippen LogP contribution in [0.4, 0.5) is 0 Å². The molecule has 2 heteroatoms. The molecule has 114 valence electrons. The van der Waals surface area contributed by atoms with Gasteiger partial charge in [-0.3, -0.25) is 0 Å². The van der Waals surface area contributed by atoms with E-state index in [1.54, 1.807) is 0 Å². The zero-order chi connectivity index (χ0) is 14.7. The van der Waals surface area contributed by atoms with E-state index in [1.165, 1.54) is 55.9 Å². The maximum Gasteiger partial charge on any atom is 0.134 e. The zero-order valence-corrected chi connectivity index (χ0v) is 13.3. The Morgan fingerprint density at radius 1 is 1.05 bits per heavy atom.